The Hall–Kier alpha value is -1.71. The predicted molar refractivity (Wildman–Crippen MR) is 51.7 cm³/mol. The quantitative estimate of drug-likeness (QED) is 0.673. The summed E-state index contributed by atoms with van der Waals surface area (Å²) in [5.41, 5.74) is 6.78. The number of benzene rings is 1. The third-order valence-corrected chi connectivity index (χ3v) is 1.48. The number of nitrogens with two attached hydrogens (primary N) is 1. The van der Waals surface area contributed by atoms with E-state index >= 15 is 0 Å². The number of hydrogen-bond acceptors (Lipinski definition) is 3. The van der Waals surface area contributed by atoms with E-state index < -0.39 is 0 Å². The van der Waals surface area contributed by atoms with Crippen LogP contribution in [0.2, 0.25) is 0 Å². The van der Waals surface area contributed by atoms with E-state index in [0.717, 1.165) is 0 Å². The van der Waals surface area contributed by atoms with Gasteiger partial charge >= 0.3 is 0 Å². The van der Waals surface area contributed by atoms with Gasteiger partial charge in [0.05, 0.1) is 7.11 Å². The van der Waals surface area contributed by atoms with Gasteiger partial charge in [-0.25, -0.2) is 0 Å². The maximum absolute atomic E-state index is 10.7. The number of methoxy groups -OCH3 is 1. The number of hydrogen-bond donors (Lipinski definition) is 2. The van der Waals surface area contributed by atoms with E-state index in [4.69, 9.17) is 10.5 Å². The van der Waals surface area contributed by atoms with Gasteiger partial charge in [-0.3, -0.25) is 4.79 Å². The molecule has 1 rings (SSSR count). The average molecular weight is 180 g/mol. The normalized spacial score (nSPS) is 9.38. The first kappa shape index (κ1) is 9.38. The number of carbonyl (C=O) groups excluding carboxylic acids is 1. The van der Waals surface area contributed by atoms with Gasteiger partial charge in [0.1, 0.15) is 5.75 Å². The van der Waals surface area contributed by atoms with E-state index in [-0.39, 0.29) is 5.91 Å². The molecule has 0 saturated heterocycles. The predicted octanol–water partition coefficient (Wildman–Crippen LogP) is 1.24. The molecule has 0 aromatic heterocycles. The maximum atomic E-state index is 10.7. The summed E-state index contributed by atoms with van der Waals surface area (Å²) in [6.07, 6.45) is 0. The molecule has 0 aliphatic heterocycles. The molecule has 0 spiro atoms. The Bertz CT molecular complexity index is 323. The fourth-order valence-corrected chi connectivity index (χ4v) is 1.02. The minimum Gasteiger partial charge on any atom is -0.497 e. The highest BCUT2D eigenvalue weighted by Crippen LogP contribution is 2.21. The lowest BCUT2D eigenvalue weighted by Crippen LogP contribution is -2.06. The van der Waals surface area contributed by atoms with Crippen molar-refractivity contribution in [3.8, 4) is 5.75 Å². The molecule has 0 atom stereocenters. The monoisotopic (exact) mass is 180 g/mol. The first-order chi connectivity index (χ1) is 6.11. The van der Waals surface area contributed by atoms with Gasteiger partial charge < -0.3 is 15.8 Å². The van der Waals surface area contributed by atoms with Crippen molar-refractivity contribution >= 4 is 17.3 Å². The van der Waals surface area contributed by atoms with Crippen LogP contribution < -0.4 is 15.8 Å². The minimum atomic E-state index is -0.132. The van der Waals surface area contributed by atoms with Crippen LogP contribution in [0.25, 0.3) is 0 Å². The van der Waals surface area contributed by atoms with Crippen molar-refractivity contribution in [2.75, 3.05) is 18.2 Å². The molecule has 0 bridgehead atoms. The Morgan fingerprint density at radius 2 is 2.15 bits per heavy atom. The summed E-state index contributed by atoms with van der Waals surface area (Å²) in [5.74, 6) is 0.497. The molecule has 0 fully saturated rings. The smallest absolute Gasteiger partial charge is 0.221 e. The standard InChI is InChI=1S/C9H12N2O2/c1-6(12)11-8-3-7(10)4-9(5-8)13-2/h3-5H,10H2,1-2H3,(H,11,12). The van der Waals surface area contributed by atoms with Crippen LogP contribution >= 0.6 is 0 Å². The van der Waals surface area contributed by atoms with Gasteiger partial charge in [-0.2, -0.15) is 0 Å². The lowest BCUT2D eigenvalue weighted by Gasteiger charge is -2.06. The van der Waals surface area contributed by atoms with Crippen molar-refractivity contribution in [2.45, 2.75) is 6.92 Å². The van der Waals surface area contributed by atoms with Crippen LogP contribution in [0.4, 0.5) is 11.4 Å². The Kier molecular flexibility index (Phi) is 2.74. The van der Waals surface area contributed by atoms with Crippen molar-refractivity contribution in [1.29, 1.82) is 0 Å². The molecule has 4 nitrogen and oxygen atoms in total. The molecule has 0 aliphatic carbocycles. The zero-order valence-corrected chi connectivity index (χ0v) is 7.63. The second-order valence-corrected chi connectivity index (χ2v) is 2.68. The number of nitrogen functional groups attached to an aromatic ring is 1. The van der Waals surface area contributed by atoms with Gasteiger partial charge in [0.15, 0.2) is 0 Å². The van der Waals surface area contributed by atoms with Crippen LogP contribution in [0.1, 0.15) is 6.92 Å². The number of nitrogens with one attached hydrogen (secondary N) is 1. The zero-order chi connectivity index (χ0) is 9.84. The van der Waals surface area contributed by atoms with Crippen LogP contribution in [0, 0.1) is 0 Å². The number of amides is 1. The first-order valence-electron chi connectivity index (χ1n) is 3.84. The second-order valence-electron chi connectivity index (χ2n) is 2.68. The van der Waals surface area contributed by atoms with Crippen molar-refractivity contribution < 1.29 is 9.53 Å². The summed E-state index contributed by atoms with van der Waals surface area (Å²) >= 11 is 0. The zero-order valence-electron chi connectivity index (χ0n) is 7.63. The van der Waals surface area contributed by atoms with Gasteiger partial charge in [-0.15, -0.1) is 0 Å². The topological polar surface area (TPSA) is 64.3 Å². The van der Waals surface area contributed by atoms with Crippen molar-refractivity contribution in [1.82, 2.24) is 0 Å². The summed E-state index contributed by atoms with van der Waals surface area (Å²) in [5, 5.41) is 2.62. The largest absolute Gasteiger partial charge is 0.497 e. The number of carbonyl (C=O) groups is 1. The molecule has 13 heavy (non-hydrogen) atoms. The Morgan fingerprint density at radius 1 is 1.46 bits per heavy atom. The Morgan fingerprint density at radius 3 is 2.69 bits per heavy atom. The summed E-state index contributed by atoms with van der Waals surface area (Å²) in [4.78, 5) is 10.7. The van der Waals surface area contributed by atoms with Crippen molar-refractivity contribution in [3.05, 3.63) is 18.2 Å². The van der Waals surface area contributed by atoms with E-state index in [9.17, 15) is 4.79 Å². The minimum absolute atomic E-state index is 0.132. The molecule has 1 aromatic carbocycles. The summed E-state index contributed by atoms with van der Waals surface area (Å²) in [6.45, 7) is 1.44. The third kappa shape index (κ3) is 2.66. The highest BCUT2D eigenvalue weighted by Gasteiger charge is 1.99. The molecule has 1 aromatic rings. The molecular formula is C9H12N2O2. The van der Waals surface area contributed by atoms with Crippen molar-refractivity contribution in [2.24, 2.45) is 0 Å². The van der Waals surface area contributed by atoms with Crippen LogP contribution in [0.5, 0.6) is 5.75 Å². The Labute approximate surface area is 76.7 Å². The van der Waals surface area contributed by atoms with Gasteiger partial charge in [0, 0.05) is 30.4 Å². The number of rotatable bonds is 2. The maximum Gasteiger partial charge on any atom is 0.221 e. The van der Waals surface area contributed by atoms with Gasteiger partial charge in [-0.1, -0.05) is 0 Å². The highest BCUT2D eigenvalue weighted by molar-refractivity contribution is 5.89. The second kappa shape index (κ2) is 3.80. The molecule has 0 heterocycles. The summed E-state index contributed by atoms with van der Waals surface area (Å²) in [6, 6.07) is 5.06. The molecule has 4 heteroatoms. The molecular weight excluding hydrogens is 168 g/mol. The first-order valence-corrected chi connectivity index (χ1v) is 3.84. The number of ether oxygens (including phenoxy) is 1. The fourth-order valence-electron chi connectivity index (χ4n) is 1.02. The molecule has 3 N–H and O–H groups in total. The summed E-state index contributed by atoms with van der Waals surface area (Å²) < 4.78 is 4.99. The van der Waals surface area contributed by atoms with Crippen LogP contribution in [0.3, 0.4) is 0 Å². The van der Waals surface area contributed by atoms with E-state index in [0.29, 0.717) is 17.1 Å². The molecule has 1 amide bonds. The van der Waals surface area contributed by atoms with Crippen molar-refractivity contribution in [3.63, 3.8) is 0 Å². The number of anilines is 2. The molecule has 0 aliphatic rings. The average Bonchev–Trinajstić information content (AvgIpc) is 2.01. The van der Waals surface area contributed by atoms with E-state index in [1.54, 1.807) is 25.3 Å². The highest BCUT2D eigenvalue weighted by atomic mass is 16.5. The van der Waals surface area contributed by atoms with Gasteiger partial charge in [0.2, 0.25) is 5.91 Å². The Balaban J connectivity index is 2.94. The molecule has 0 radical (unpaired) electrons. The van der Waals surface area contributed by atoms with E-state index in [2.05, 4.69) is 5.32 Å². The SMILES string of the molecule is COc1cc(N)cc(NC(C)=O)c1. The third-order valence-electron chi connectivity index (χ3n) is 1.48. The summed E-state index contributed by atoms with van der Waals surface area (Å²) in [7, 11) is 1.55. The van der Waals surface area contributed by atoms with Crippen LogP contribution in [-0.2, 0) is 4.79 Å². The lowest BCUT2D eigenvalue weighted by atomic mass is 10.2. The van der Waals surface area contributed by atoms with Gasteiger partial charge in [-0.05, 0) is 6.07 Å². The van der Waals surface area contributed by atoms with E-state index in [1.807, 2.05) is 0 Å². The lowest BCUT2D eigenvalue weighted by molar-refractivity contribution is -0.114. The van der Waals surface area contributed by atoms with E-state index in [1.165, 1.54) is 6.92 Å². The van der Waals surface area contributed by atoms with Gasteiger partial charge in [0.25, 0.3) is 0 Å². The van der Waals surface area contributed by atoms with Crippen LogP contribution in [-0.4, -0.2) is 13.0 Å². The fraction of sp³-hybridized carbons (Fsp3) is 0.222. The molecule has 0 unspecified atom stereocenters. The molecule has 70 valence electrons. The van der Waals surface area contributed by atoms with Crippen LogP contribution in [0.15, 0.2) is 18.2 Å². The molecule has 0 saturated carbocycles.